The molecule has 2 nitrogen and oxygen atoms in total. The molecule has 4 rings (SSSR count). The van der Waals surface area contributed by atoms with E-state index in [1.165, 1.54) is 38.9 Å². The van der Waals surface area contributed by atoms with Gasteiger partial charge in [0, 0.05) is 28.9 Å². The molecule has 2 aromatic carbocycles. The fourth-order valence-electron chi connectivity index (χ4n) is 5.72. The second-order valence-corrected chi connectivity index (χ2v) is 10.3. The van der Waals surface area contributed by atoms with E-state index in [1.807, 2.05) is 12.4 Å². The van der Waals surface area contributed by atoms with Gasteiger partial charge in [-0.1, -0.05) is 62.9 Å². The third-order valence-electron chi connectivity index (χ3n) is 8.14. The lowest BCUT2D eigenvalue weighted by atomic mass is 9.69. The molecule has 0 saturated heterocycles. The topological polar surface area (TPSA) is 33.1 Å². The fraction of sp³-hybridized carbons (Fsp3) is 0.424. The van der Waals surface area contributed by atoms with E-state index >= 15 is 0 Å². The highest BCUT2D eigenvalue weighted by Crippen LogP contribution is 2.41. The van der Waals surface area contributed by atoms with Crippen molar-refractivity contribution >= 4 is 0 Å². The zero-order chi connectivity index (χ0) is 25.1. The van der Waals surface area contributed by atoms with Crippen molar-refractivity contribution in [3.05, 3.63) is 88.2 Å². The molecule has 0 amide bonds. The summed E-state index contributed by atoms with van der Waals surface area (Å²) < 4.78 is 0. The quantitative estimate of drug-likeness (QED) is 0.379. The molecule has 0 unspecified atom stereocenters. The number of nitrogens with zero attached hydrogens (tertiary/aromatic N) is 1. The summed E-state index contributed by atoms with van der Waals surface area (Å²) in [6.07, 6.45) is 10.7. The first-order valence-electron chi connectivity index (χ1n) is 13.3. The van der Waals surface area contributed by atoms with Crippen LogP contribution >= 0.6 is 0 Å². The van der Waals surface area contributed by atoms with Crippen molar-refractivity contribution in [2.45, 2.75) is 90.6 Å². The molecule has 182 valence electrons. The van der Waals surface area contributed by atoms with Crippen molar-refractivity contribution in [1.82, 2.24) is 4.98 Å². The summed E-state index contributed by atoms with van der Waals surface area (Å²) >= 11 is 0. The summed E-state index contributed by atoms with van der Waals surface area (Å²) in [5, 5.41) is 10.6. The maximum absolute atomic E-state index is 10.6. The lowest BCUT2D eigenvalue weighted by Gasteiger charge is -2.34. The molecule has 0 spiro atoms. The highest BCUT2D eigenvalue weighted by Gasteiger charge is 2.32. The van der Waals surface area contributed by atoms with Crippen LogP contribution in [-0.2, 0) is 11.8 Å². The lowest BCUT2D eigenvalue weighted by Crippen LogP contribution is -2.26. The van der Waals surface area contributed by atoms with E-state index in [-0.39, 0.29) is 5.41 Å². The monoisotopic (exact) mass is 465 g/mol. The Hall–Kier alpha value is -2.89. The molecule has 3 aromatic rings. The van der Waals surface area contributed by atoms with Gasteiger partial charge in [0.25, 0.3) is 0 Å². The molecule has 1 aliphatic rings. The number of pyridine rings is 1. The van der Waals surface area contributed by atoms with Gasteiger partial charge in [0.05, 0.1) is 0 Å². The standard InChI is InChI=1S/C33H39NO/c1-6-26-21-28(23-34-22-26)31-14-13-30(20-25(31)5)33(7-2,8-3)29-12-11-27(24(4)19-29)15-18-32(35)16-9-10-17-32/h11-14,19-23,35H,6-10,16-17H2,1-5H3. The van der Waals surface area contributed by atoms with Crippen LogP contribution in [0.2, 0.25) is 0 Å². The van der Waals surface area contributed by atoms with Crippen LogP contribution < -0.4 is 0 Å². The van der Waals surface area contributed by atoms with Gasteiger partial charge in [0.1, 0.15) is 5.60 Å². The van der Waals surface area contributed by atoms with Crippen LogP contribution in [0.1, 0.15) is 92.7 Å². The Balaban J connectivity index is 1.70. The Labute approximate surface area is 211 Å². The summed E-state index contributed by atoms with van der Waals surface area (Å²) in [4.78, 5) is 4.46. The minimum Gasteiger partial charge on any atom is -0.378 e. The zero-order valence-corrected chi connectivity index (χ0v) is 22.0. The predicted molar refractivity (Wildman–Crippen MR) is 147 cm³/mol. The number of hydrogen-bond acceptors (Lipinski definition) is 2. The van der Waals surface area contributed by atoms with Crippen LogP contribution in [0.5, 0.6) is 0 Å². The van der Waals surface area contributed by atoms with E-state index in [2.05, 4.69) is 93.9 Å². The fourth-order valence-corrected chi connectivity index (χ4v) is 5.72. The van der Waals surface area contributed by atoms with E-state index < -0.39 is 5.60 Å². The average molecular weight is 466 g/mol. The molecular formula is C33H39NO. The number of benzene rings is 2. The molecule has 1 aromatic heterocycles. The molecule has 35 heavy (non-hydrogen) atoms. The van der Waals surface area contributed by atoms with Gasteiger partial charge < -0.3 is 5.11 Å². The van der Waals surface area contributed by atoms with Crippen molar-refractivity contribution < 1.29 is 5.11 Å². The first kappa shape index (κ1) is 25.2. The number of hydrogen-bond donors (Lipinski definition) is 1. The second-order valence-electron chi connectivity index (χ2n) is 10.3. The van der Waals surface area contributed by atoms with E-state index in [9.17, 15) is 5.11 Å². The van der Waals surface area contributed by atoms with Crippen molar-refractivity contribution in [3.8, 4) is 23.0 Å². The Kier molecular flexibility index (Phi) is 7.48. The van der Waals surface area contributed by atoms with Crippen molar-refractivity contribution in [1.29, 1.82) is 0 Å². The molecular weight excluding hydrogens is 426 g/mol. The highest BCUT2D eigenvalue weighted by atomic mass is 16.3. The number of aliphatic hydroxyl groups is 1. The van der Waals surface area contributed by atoms with Crippen LogP contribution in [0.25, 0.3) is 11.1 Å². The molecule has 1 heterocycles. The van der Waals surface area contributed by atoms with Crippen molar-refractivity contribution in [2.24, 2.45) is 0 Å². The second kappa shape index (κ2) is 10.4. The first-order valence-corrected chi connectivity index (χ1v) is 13.3. The molecule has 1 saturated carbocycles. The van der Waals surface area contributed by atoms with Gasteiger partial charge in [-0.2, -0.15) is 0 Å². The third-order valence-corrected chi connectivity index (χ3v) is 8.14. The average Bonchev–Trinajstić information content (AvgIpc) is 3.31. The molecule has 1 aliphatic carbocycles. The summed E-state index contributed by atoms with van der Waals surface area (Å²) in [7, 11) is 0. The summed E-state index contributed by atoms with van der Waals surface area (Å²) in [6, 6.07) is 15.9. The van der Waals surface area contributed by atoms with Gasteiger partial charge >= 0.3 is 0 Å². The minimum absolute atomic E-state index is 0.0484. The Morgan fingerprint density at radius 1 is 0.886 bits per heavy atom. The third kappa shape index (κ3) is 5.07. The molecule has 0 aliphatic heterocycles. The van der Waals surface area contributed by atoms with E-state index in [0.29, 0.717) is 0 Å². The first-order chi connectivity index (χ1) is 16.8. The van der Waals surface area contributed by atoms with Gasteiger partial charge in [0.2, 0.25) is 0 Å². The molecule has 2 heteroatoms. The largest absolute Gasteiger partial charge is 0.378 e. The molecule has 0 atom stereocenters. The maximum atomic E-state index is 10.6. The van der Waals surface area contributed by atoms with Gasteiger partial charge in [0.15, 0.2) is 0 Å². The smallest absolute Gasteiger partial charge is 0.125 e. The van der Waals surface area contributed by atoms with Crippen LogP contribution in [-0.4, -0.2) is 15.7 Å². The van der Waals surface area contributed by atoms with Crippen molar-refractivity contribution in [3.63, 3.8) is 0 Å². The van der Waals surface area contributed by atoms with Crippen LogP contribution in [0.4, 0.5) is 0 Å². The summed E-state index contributed by atoms with van der Waals surface area (Å²) in [5.74, 6) is 6.46. The van der Waals surface area contributed by atoms with Crippen LogP contribution in [0, 0.1) is 25.7 Å². The van der Waals surface area contributed by atoms with Gasteiger partial charge in [-0.15, -0.1) is 0 Å². The number of aryl methyl sites for hydroxylation is 3. The zero-order valence-electron chi connectivity index (χ0n) is 22.0. The Bertz CT molecular complexity index is 1250. The minimum atomic E-state index is -0.798. The highest BCUT2D eigenvalue weighted by molar-refractivity contribution is 5.68. The van der Waals surface area contributed by atoms with Gasteiger partial charge in [-0.25, -0.2) is 0 Å². The predicted octanol–water partition coefficient (Wildman–Crippen LogP) is 7.69. The number of aromatic nitrogens is 1. The summed E-state index contributed by atoms with van der Waals surface area (Å²) in [6.45, 7) is 11.1. The SMILES string of the molecule is CCc1cncc(-c2ccc(C(CC)(CC)c3ccc(C#CC4(O)CCCC4)c(C)c3)cc2C)c1. The number of rotatable bonds is 6. The van der Waals surface area contributed by atoms with E-state index in [4.69, 9.17) is 0 Å². The van der Waals surface area contributed by atoms with Crippen LogP contribution in [0.15, 0.2) is 54.9 Å². The molecule has 1 fully saturated rings. The van der Waals surface area contributed by atoms with Crippen molar-refractivity contribution in [2.75, 3.05) is 0 Å². The maximum Gasteiger partial charge on any atom is 0.125 e. The van der Waals surface area contributed by atoms with E-state index in [0.717, 1.165) is 50.5 Å². The molecule has 0 bridgehead atoms. The summed E-state index contributed by atoms with van der Waals surface area (Å²) in [5.41, 5.74) is 9.05. The van der Waals surface area contributed by atoms with Gasteiger partial charge in [-0.3, -0.25) is 4.98 Å². The van der Waals surface area contributed by atoms with E-state index in [1.54, 1.807) is 0 Å². The Morgan fingerprint density at radius 2 is 1.54 bits per heavy atom. The molecule has 0 radical (unpaired) electrons. The van der Waals surface area contributed by atoms with Gasteiger partial charge in [-0.05, 0) is 104 Å². The lowest BCUT2D eigenvalue weighted by molar-refractivity contribution is 0.110. The van der Waals surface area contributed by atoms with Crippen LogP contribution in [0.3, 0.4) is 0 Å². The molecule has 1 N–H and O–H groups in total. The normalized spacial score (nSPS) is 15.0. The Morgan fingerprint density at radius 3 is 2.14 bits per heavy atom.